The van der Waals surface area contributed by atoms with Crippen molar-refractivity contribution in [1.29, 1.82) is 0 Å². The molecule has 1 aromatic heterocycles. The average molecular weight is 327 g/mol. The number of hydrogen-bond acceptors (Lipinski definition) is 6. The Morgan fingerprint density at radius 1 is 1.04 bits per heavy atom. The molecule has 2 heterocycles. The van der Waals surface area contributed by atoms with Gasteiger partial charge in [0.05, 0.1) is 0 Å². The Morgan fingerprint density at radius 3 is 2.33 bits per heavy atom. The first-order chi connectivity index (χ1) is 11.5. The Bertz CT molecular complexity index is 678. The highest BCUT2D eigenvalue weighted by Crippen LogP contribution is 2.32. The summed E-state index contributed by atoms with van der Waals surface area (Å²) in [6.45, 7) is 8.13. The largest absolute Gasteiger partial charge is 0.437 e. The summed E-state index contributed by atoms with van der Waals surface area (Å²) in [4.78, 5) is 13.0. The molecule has 1 fully saturated rings. The molecule has 2 N–H and O–H groups in total. The molecule has 0 unspecified atom stereocenters. The van der Waals surface area contributed by atoms with Gasteiger partial charge in [0.1, 0.15) is 17.8 Å². The van der Waals surface area contributed by atoms with Gasteiger partial charge in [-0.15, -0.1) is 0 Å². The molecule has 6 heteroatoms. The van der Waals surface area contributed by atoms with Crippen LogP contribution in [0.25, 0.3) is 0 Å². The van der Waals surface area contributed by atoms with E-state index < -0.39 is 0 Å². The fourth-order valence-electron chi connectivity index (χ4n) is 2.75. The van der Waals surface area contributed by atoms with Gasteiger partial charge in [-0.25, -0.2) is 4.98 Å². The summed E-state index contributed by atoms with van der Waals surface area (Å²) in [6.07, 6.45) is 1.52. The van der Waals surface area contributed by atoms with Crippen LogP contribution >= 0.6 is 0 Å². The molecule has 3 rings (SSSR count). The number of piperazine rings is 1. The Kier molecular flexibility index (Phi) is 4.85. The molecule has 0 amide bonds. The van der Waals surface area contributed by atoms with Crippen molar-refractivity contribution in [3.63, 3.8) is 0 Å². The van der Waals surface area contributed by atoms with Gasteiger partial charge in [-0.05, 0) is 30.7 Å². The van der Waals surface area contributed by atoms with Gasteiger partial charge < -0.3 is 20.3 Å². The number of ether oxygens (including phenoxy) is 1. The van der Waals surface area contributed by atoms with Crippen molar-refractivity contribution in [2.75, 3.05) is 43.9 Å². The van der Waals surface area contributed by atoms with Crippen LogP contribution in [0, 0.1) is 0 Å². The van der Waals surface area contributed by atoms with Crippen LogP contribution < -0.4 is 15.4 Å². The maximum Gasteiger partial charge on any atom is 0.248 e. The lowest BCUT2D eigenvalue weighted by atomic mass is 10.0. The topological polar surface area (TPSA) is 67.5 Å². The summed E-state index contributed by atoms with van der Waals surface area (Å²) in [7, 11) is 2.12. The smallest absolute Gasteiger partial charge is 0.248 e. The Balaban J connectivity index is 1.78. The van der Waals surface area contributed by atoms with Gasteiger partial charge in [-0.1, -0.05) is 26.0 Å². The van der Waals surface area contributed by atoms with E-state index in [2.05, 4.69) is 52.8 Å². The van der Waals surface area contributed by atoms with Crippen molar-refractivity contribution >= 4 is 11.5 Å². The van der Waals surface area contributed by atoms with Crippen LogP contribution in [0.2, 0.25) is 0 Å². The lowest BCUT2D eigenvalue weighted by molar-refractivity contribution is 0.312. The molecule has 1 aliphatic rings. The van der Waals surface area contributed by atoms with Crippen LogP contribution in [0.5, 0.6) is 11.6 Å². The zero-order chi connectivity index (χ0) is 17.1. The molecule has 6 nitrogen and oxygen atoms in total. The summed E-state index contributed by atoms with van der Waals surface area (Å²) in [5.74, 6) is 2.39. The number of nitrogens with two attached hydrogens (primary N) is 1. The second kappa shape index (κ2) is 7.05. The zero-order valence-corrected chi connectivity index (χ0v) is 14.6. The molecule has 0 spiro atoms. The van der Waals surface area contributed by atoms with Crippen molar-refractivity contribution in [2.24, 2.45) is 0 Å². The van der Waals surface area contributed by atoms with E-state index in [4.69, 9.17) is 10.5 Å². The number of likely N-dealkylation sites (N-methyl/N-ethyl adjacent to an activating group) is 1. The fraction of sp³-hybridized carbons (Fsp3) is 0.444. The average Bonchev–Trinajstić information content (AvgIpc) is 2.58. The van der Waals surface area contributed by atoms with E-state index in [1.165, 1.54) is 11.9 Å². The summed E-state index contributed by atoms with van der Waals surface area (Å²) < 4.78 is 5.88. The van der Waals surface area contributed by atoms with Crippen molar-refractivity contribution in [3.8, 4) is 11.6 Å². The maximum absolute atomic E-state index is 6.27. The number of nitrogen functional groups attached to an aromatic ring is 1. The van der Waals surface area contributed by atoms with E-state index in [9.17, 15) is 0 Å². The van der Waals surface area contributed by atoms with Crippen LogP contribution in [0.4, 0.5) is 11.5 Å². The minimum atomic E-state index is 0.413. The Labute approximate surface area is 143 Å². The van der Waals surface area contributed by atoms with Gasteiger partial charge in [0.15, 0.2) is 5.82 Å². The van der Waals surface area contributed by atoms with Crippen molar-refractivity contribution < 1.29 is 4.74 Å². The first-order valence-corrected chi connectivity index (χ1v) is 8.36. The van der Waals surface area contributed by atoms with Crippen molar-refractivity contribution in [3.05, 3.63) is 36.2 Å². The number of nitrogens with zero attached hydrogens (tertiary/aromatic N) is 4. The Morgan fingerprint density at radius 2 is 1.71 bits per heavy atom. The molecule has 0 radical (unpaired) electrons. The molecular weight excluding hydrogens is 302 g/mol. The van der Waals surface area contributed by atoms with Gasteiger partial charge in [-0.2, -0.15) is 4.98 Å². The number of aromatic nitrogens is 2. The fourth-order valence-corrected chi connectivity index (χ4v) is 2.75. The van der Waals surface area contributed by atoms with E-state index in [0.717, 1.165) is 37.7 Å². The van der Waals surface area contributed by atoms with Crippen LogP contribution in [0.15, 0.2) is 30.6 Å². The normalized spacial score (nSPS) is 15.8. The molecule has 2 aromatic rings. The maximum atomic E-state index is 6.27. The quantitative estimate of drug-likeness (QED) is 0.931. The summed E-state index contributed by atoms with van der Waals surface area (Å²) in [6, 6.07) is 8.04. The third-order valence-electron chi connectivity index (χ3n) is 4.39. The number of anilines is 2. The molecule has 128 valence electrons. The highest BCUT2D eigenvalue weighted by molar-refractivity contribution is 5.68. The van der Waals surface area contributed by atoms with E-state index >= 15 is 0 Å². The molecule has 0 atom stereocenters. The van der Waals surface area contributed by atoms with E-state index in [-0.39, 0.29) is 0 Å². The monoisotopic (exact) mass is 327 g/mol. The van der Waals surface area contributed by atoms with Crippen molar-refractivity contribution in [2.45, 2.75) is 19.8 Å². The van der Waals surface area contributed by atoms with Gasteiger partial charge in [0.2, 0.25) is 5.88 Å². The molecule has 1 aromatic carbocycles. The SMILES string of the molecule is CC(C)c1ccc(Oc2ncnc(N3CCN(C)CC3)c2N)cc1. The highest BCUT2D eigenvalue weighted by atomic mass is 16.5. The van der Waals surface area contributed by atoms with Crippen LogP contribution in [0.1, 0.15) is 25.3 Å². The van der Waals surface area contributed by atoms with Gasteiger partial charge in [-0.3, -0.25) is 0 Å². The standard InChI is InChI=1S/C18H25N5O/c1-13(2)14-4-6-15(7-5-14)24-18-16(19)17(20-12-21-18)23-10-8-22(3)9-11-23/h4-7,12-13H,8-11,19H2,1-3H3. The summed E-state index contributed by atoms with van der Waals surface area (Å²) in [5.41, 5.74) is 8.04. The van der Waals surface area contributed by atoms with E-state index in [0.29, 0.717) is 17.5 Å². The molecular formula is C18H25N5O. The van der Waals surface area contributed by atoms with Gasteiger partial charge >= 0.3 is 0 Å². The predicted octanol–water partition coefficient (Wildman–Crippen LogP) is 2.73. The second-order valence-corrected chi connectivity index (χ2v) is 6.53. The number of hydrogen-bond donors (Lipinski definition) is 1. The molecule has 1 saturated heterocycles. The van der Waals surface area contributed by atoms with Crippen LogP contribution in [-0.4, -0.2) is 48.1 Å². The number of rotatable bonds is 4. The molecule has 0 aliphatic carbocycles. The lowest BCUT2D eigenvalue weighted by Gasteiger charge is -2.33. The van der Waals surface area contributed by atoms with Crippen LogP contribution in [0.3, 0.4) is 0 Å². The van der Waals surface area contributed by atoms with Gasteiger partial charge in [0.25, 0.3) is 0 Å². The van der Waals surface area contributed by atoms with E-state index in [1.807, 2.05) is 12.1 Å². The third-order valence-corrected chi connectivity index (χ3v) is 4.39. The molecule has 24 heavy (non-hydrogen) atoms. The minimum Gasteiger partial charge on any atom is -0.437 e. The second-order valence-electron chi connectivity index (χ2n) is 6.53. The van der Waals surface area contributed by atoms with Crippen LogP contribution in [-0.2, 0) is 0 Å². The predicted molar refractivity (Wildman–Crippen MR) is 96.8 cm³/mol. The summed E-state index contributed by atoms with van der Waals surface area (Å²) >= 11 is 0. The first-order valence-electron chi connectivity index (χ1n) is 8.36. The number of benzene rings is 1. The van der Waals surface area contributed by atoms with Gasteiger partial charge in [0, 0.05) is 26.2 Å². The van der Waals surface area contributed by atoms with E-state index in [1.54, 1.807) is 0 Å². The Hall–Kier alpha value is -2.34. The lowest BCUT2D eigenvalue weighted by Crippen LogP contribution is -2.45. The first kappa shape index (κ1) is 16.5. The highest BCUT2D eigenvalue weighted by Gasteiger charge is 2.20. The minimum absolute atomic E-state index is 0.413. The molecule has 0 saturated carbocycles. The third kappa shape index (κ3) is 3.59. The molecule has 1 aliphatic heterocycles. The molecule has 0 bridgehead atoms. The zero-order valence-electron chi connectivity index (χ0n) is 14.6. The summed E-state index contributed by atoms with van der Waals surface area (Å²) in [5, 5.41) is 0. The van der Waals surface area contributed by atoms with Crippen molar-refractivity contribution in [1.82, 2.24) is 14.9 Å².